The Morgan fingerprint density at radius 2 is 1.13 bits per heavy atom. The zero-order valence-electron chi connectivity index (χ0n) is 14.5. The molecule has 0 amide bonds. The fourth-order valence-corrected chi connectivity index (χ4v) is 2.58. The molecule has 0 fully saturated rings. The average Bonchev–Trinajstić information content (AvgIpc) is 2.60. The molecular formula is C23H28. The van der Waals surface area contributed by atoms with Crippen LogP contribution in [0, 0.1) is 0 Å². The Morgan fingerprint density at radius 3 is 1.57 bits per heavy atom. The summed E-state index contributed by atoms with van der Waals surface area (Å²) in [6.07, 6.45) is 14.6. The third-order valence-corrected chi connectivity index (χ3v) is 4.03. The summed E-state index contributed by atoms with van der Waals surface area (Å²) in [6, 6.07) is 17.7. The summed E-state index contributed by atoms with van der Waals surface area (Å²) < 4.78 is 0. The zero-order valence-corrected chi connectivity index (χ0v) is 14.5. The lowest BCUT2D eigenvalue weighted by molar-refractivity contribution is 0.922. The molecule has 0 aromatic heterocycles. The van der Waals surface area contributed by atoms with Crippen molar-refractivity contribution in [3.8, 4) is 0 Å². The molecule has 0 aliphatic rings. The van der Waals surface area contributed by atoms with Gasteiger partial charge in [-0.1, -0.05) is 93.1 Å². The Morgan fingerprint density at radius 1 is 0.652 bits per heavy atom. The number of aryl methyl sites for hydroxylation is 2. The first-order valence-electron chi connectivity index (χ1n) is 8.82. The van der Waals surface area contributed by atoms with Gasteiger partial charge in [-0.2, -0.15) is 0 Å². The largest absolute Gasteiger partial charge is 0.0836 e. The van der Waals surface area contributed by atoms with E-state index in [1.165, 1.54) is 35.1 Å². The number of unbranched alkanes of at least 4 members (excludes halogenated alkanes) is 1. The van der Waals surface area contributed by atoms with Crippen molar-refractivity contribution in [1.82, 2.24) is 0 Å². The molecule has 0 N–H and O–H groups in total. The molecule has 0 heteroatoms. The minimum Gasteiger partial charge on any atom is -0.0836 e. The first-order valence-corrected chi connectivity index (χ1v) is 8.82. The predicted molar refractivity (Wildman–Crippen MR) is 104 cm³/mol. The molecule has 0 bridgehead atoms. The highest BCUT2D eigenvalue weighted by atomic mass is 14.0. The first kappa shape index (κ1) is 17.3. The fourth-order valence-electron chi connectivity index (χ4n) is 2.58. The Labute approximate surface area is 141 Å². The highest BCUT2D eigenvalue weighted by molar-refractivity contribution is 5.51. The number of hydrogen-bond acceptors (Lipinski definition) is 0. The van der Waals surface area contributed by atoms with Crippen LogP contribution in [0.25, 0.3) is 12.2 Å². The van der Waals surface area contributed by atoms with Gasteiger partial charge in [0, 0.05) is 0 Å². The van der Waals surface area contributed by atoms with E-state index in [2.05, 4.69) is 86.7 Å². The number of benzene rings is 2. The zero-order chi connectivity index (χ0) is 16.3. The number of allylic oxidation sites excluding steroid dienone is 2. The molecule has 0 spiro atoms. The van der Waals surface area contributed by atoms with Crippen LogP contribution in [0.15, 0.2) is 60.7 Å². The predicted octanol–water partition coefficient (Wildman–Crippen LogP) is 6.71. The molecule has 2 aromatic rings. The van der Waals surface area contributed by atoms with E-state index in [4.69, 9.17) is 0 Å². The van der Waals surface area contributed by atoms with Crippen molar-refractivity contribution >= 4 is 12.2 Å². The molecule has 0 aliphatic carbocycles. The Hall–Kier alpha value is -2.08. The Kier molecular flexibility index (Phi) is 7.39. The third kappa shape index (κ3) is 6.28. The van der Waals surface area contributed by atoms with Crippen LogP contribution in [0.4, 0.5) is 0 Å². The standard InChI is InChI=1S/C23H28/c1-3-9-21-16-18-23(19-17-21)11-8-6-5-7-10-22-14-12-20(4-2)13-15-22/h7-8,10-19H,3-6,9H2,1-2H3. The van der Waals surface area contributed by atoms with Crippen LogP contribution in [-0.2, 0) is 12.8 Å². The van der Waals surface area contributed by atoms with Crippen molar-refractivity contribution in [2.24, 2.45) is 0 Å². The Balaban J connectivity index is 1.74. The van der Waals surface area contributed by atoms with Gasteiger partial charge in [-0.05, 0) is 47.9 Å². The van der Waals surface area contributed by atoms with Crippen molar-refractivity contribution in [3.63, 3.8) is 0 Å². The van der Waals surface area contributed by atoms with Crippen LogP contribution in [0.1, 0.15) is 55.4 Å². The van der Waals surface area contributed by atoms with Crippen LogP contribution in [-0.4, -0.2) is 0 Å². The van der Waals surface area contributed by atoms with Gasteiger partial charge in [-0.25, -0.2) is 0 Å². The van der Waals surface area contributed by atoms with Gasteiger partial charge in [-0.15, -0.1) is 0 Å². The first-order chi connectivity index (χ1) is 11.3. The van der Waals surface area contributed by atoms with Gasteiger partial charge in [0.2, 0.25) is 0 Å². The SMILES string of the molecule is CCCc1ccc(C=CCCC=Cc2ccc(CC)cc2)cc1. The van der Waals surface area contributed by atoms with E-state index in [-0.39, 0.29) is 0 Å². The lowest BCUT2D eigenvalue weighted by atomic mass is 10.1. The minimum absolute atomic E-state index is 1.08. The summed E-state index contributed by atoms with van der Waals surface area (Å²) in [4.78, 5) is 0. The van der Waals surface area contributed by atoms with E-state index >= 15 is 0 Å². The molecule has 0 heterocycles. The monoisotopic (exact) mass is 304 g/mol. The molecule has 120 valence electrons. The molecule has 0 radical (unpaired) electrons. The van der Waals surface area contributed by atoms with Crippen molar-refractivity contribution in [2.45, 2.75) is 46.0 Å². The quantitative estimate of drug-likeness (QED) is 0.475. The van der Waals surface area contributed by atoms with Gasteiger partial charge < -0.3 is 0 Å². The van der Waals surface area contributed by atoms with E-state index in [1.807, 2.05) is 0 Å². The maximum absolute atomic E-state index is 2.26. The topological polar surface area (TPSA) is 0 Å². The summed E-state index contributed by atoms with van der Waals surface area (Å²) in [5, 5.41) is 0. The van der Waals surface area contributed by atoms with E-state index in [1.54, 1.807) is 0 Å². The minimum atomic E-state index is 1.08. The van der Waals surface area contributed by atoms with Crippen LogP contribution in [0.3, 0.4) is 0 Å². The van der Waals surface area contributed by atoms with Crippen LogP contribution in [0.2, 0.25) is 0 Å². The molecule has 0 saturated carbocycles. The molecular weight excluding hydrogens is 276 g/mol. The van der Waals surface area contributed by atoms with E-state index in [0.717, 1.165) is 19.3 Å². The molecule has 2 aromatic carbocycles. The summed E-state index contributed by atoms with van der Waals surface area (Å²) in [5.41, 5.74) is 5.42. The number of hydrogen-bond donors (Lipinski definition) is 0. The lowest BCUT2D eigenvalue weighted by Crippen LogP contribution is -1.82. The molecule has 23 heavy (non-hydrogen) atoms. The van der Waals surface area contributed by atoms with Crippen LogP contribution in [0.5, 0.6) is 0 Å². The lowest BCUT2D eigenvalue weighted by Gasteiger charge is -1.99. The normalized spacial score (nSPS) is 11.6. The van der Waals surface area contributed by atoms with Gasteiger partial charge in [0.15, 0.2) is 0 Å². The van der Waals surface area contributed by atoms with Crippen molar-refractivity contribution in [3.05, 3.63) is 82.9 Å². The second-order valence-corrected chi connectivity index (χ2v) is 5.97. The van der Waals surface area contributed by atoms with E-state index in [0.29, 0.717) is 0 Å². The van der Waals surface area contributed by atoms with E-state index < -0.39 is 0 Å². The highest BCUT2D eigenvalue weighted by Gasteiger charge is 1.91. The van der Waals surface area contributed by atoms with E-state index in [9.17, 15) is 0 Å². The van der Waals surface area contributed by atoms with Crippen molar-refractivity contribution < 1.29 is 0 Å². The smallest absolute Gasteiger partial charge is 0.0260 e. The summed E-state index contributed by atoms with van der Waals surface area (Å²) >= 11 is 0. The molecule has 2 rings (SSSR count). The third-order valence-electron chi connectivity index (χ3n) is 4.03. The maximum Gasteiger partial charge on any atom is -0.0260 e. The molecule has 0 aliphatic heterocycles. The van der Waals surface area contributed by atoms with Crippen molar-refractivity contribution in [1.29, 1.82) is 0 Å². The van der Waals surface area contributed by atoms with Gasteiger partial charge in [0.1, 0.15) is 0 Å². The molecule has 0 nitrogen and oxygen atoms in total. The second-order valence-electron chi connectivity index (χ2n) is 5.97. The fraction of sp³-hybridized carbons (Fsp3) is 0.304. The highest BCUT2D eigenvalue weighted by Crippen LogP contribution is 2.10. The molecule has 0 atom stereocenters. The van der Waals surface area contributed by atoms with Gasteiger partial charge >= 0.3 is 0 Å². The van der Waals surface area contributed by atoms with Crippen LogP contribution < -0.4 is 0 Å². The summed E-state index contributed by atoms with van der Waals surface area (Å²) in [5.74, 6) is 0. The van der Waals surface area contributed by atoms with Crippen LogP contribution >= 0.6 is 0 Å². The summed E-state index contributed by atoms with van der Waals surface area (Å²) in [6.45, 7) is 4.41. The number of rotatable bonds is 8. The molecule has 0 saturated heterocycles. The summed E-state index contributed by atoms with van der Waals surface area (Å²) in [7, 11) is 0. The maximum atomic E-state index is 2.26. The van der Waals surface area contributed by atoms with Gasteiger partial charge in [0.05, 0.1) is 0 Å². The average molecular weight is 304 g/mol. The second kappa shape index (κ2) is 9.84. The van der Waals surface area contributed by atoms with Gasteiger partial charge in [-0.3, -0.25) is 0 Å². The molecule has 0 unspecified atom stereocenters. The van der Waals surface area contributed by atoms with Crippen molar-refractivity contribution in [2.75, 3.05) is 0 Å². The Bertz CT molecular complexity index is 612. The van der Waals surface area contributed by atoms with Gasteiger partial charge in [0.25, 0.3) is 0 Å².